The predicted octanol–water partition coefficient (Wildman–Crippen LogP) is 3.71. The molecular formula is C18H16ClFN2O4S2. The average Bonchev–Trinajstić information content (AvgIpc) is 2.63. The molecule has 3 rings (SSSR count). The molecule has 0 bridgehead atoms. The van der Waals surface area contributed by atoms with Gasteiger partial charge in [-0.1, -0.05) is 11.6 Å². The number of rotatable bonds is 5. The molecule has 0 fully saturated rings. The molecule has 2 amide bonds. The lowest BCUT2D eigenvalue weighted by atomic mass is 10.3. The largest absolute Gasteiger partial charge is 0.324 e. The van der Waals surface area contributed by atoms with Gasteiger partial charge < -0.3 is 10.6 Å². The highest BCUT2D eigenvalue weighted by Crippen LogP contribution is 2.36. The zero-order valence-corrected chi connectivity index (χ0v) is 17.1. The number of thioether (sulfide) groups is 1. The molecule has 0 aromatic heterocycles. The van der Waals surface area contributed by atoms with E-state index >= 15 is 0 Å². The van der Waals surface area contributed by atoms with Crippen molar-refractivity contribution in [3.8, 4) is 0 Å². The first kappa shape index (κ1) is 20.6. The van der Waals surface area contributed by atoms with Crippen molar-refractivity contribution < 1.29 is 22.4 Å². The topological polar surface area (TPSA) is 92.3 Å². The first-order valence-corrected chi connectivity index (χ1v) is 11.2. The van der Waals surface area contributed by atoms with Crippen LogP contribution in [0.1, 0.15) is 13.3 Å². The van der Waals surface area contributed by atoms with E-state index in [4.69, 9.17) is 11.6 Å². The number of sulfone groups is 1. The van der Waals surface area contributed by atoms with Crippen LogP contribution in [0, 0.1) is 5.82 Å². The molecule has 0 saturated carbocycles. The maximum Gasteiger partial charge on any atom is 0.237 e. The van der Waals surface area contributed by atoms with E-state index in [1.165, 1.54) is 36.0 Å². The SMILES string of the molecule is CC1Sc2ccc(S(=O)(=O)CCC(=O)Nc3ccc(Cl)cc3F)cc2NC1=O. The third-order valence-corrected chi connectivity index (χ3v) is 7.17. The fourth-order valence-electron chi connectivity index (χ4n) is 2.53. The van der Waals surface area contributed by atoms with Crippen LogP contribution in [0.15, 0.2) is 46.2 Å². The number of anilines is 2. The van der Waals surface area contributed by atoms with Crippen LogP contribution < -0.4 is 10.6 Å². The van der Waals surface area contributed by atoms with Crippen LogP contribution in [0.5, 0.6) is 0 Å². The first-order valence-electron chi connectivity index (χ1n) is 8.25. The maximum absolute atomic E-state index is 13.7. The van der Waals surface area contributed by atoms with E-state index in [-0.39, 0.29) is 33.2 Å². The smallest absolute Gasteiger partial charge is 0.237 e. The summed E-state index contributed by atoms with van der Waals surface area (Å²) in [5, 5.41) is 4.93. The summed E-state index contributed by atoms with van der Waals surface area (Å²) in [6, 6.07) is 8.23. The Morgan fingerprint density at radius 2 is 2.04 bits per heavy atom. The maximum atomic E-state index is 13.7. The standard InChI is InChI=1S/C18H16ClFN2O4S2/c1-10-18(24)22-15-9-12(3-5-16(15)27-10)28(25,26)7-6-17(23)21-14-4-2-11(19)8-13(14)20/h2-5,8-10H,6-7H2,1H3,(H,21,23)(H,22,24). The van der Waals surface area contributed by atoms with Crippen LogP contribution >= 0.6 is 23.4 Å². The molecule has 1 heterocycles. The Balaban J connectivity index is 1.68. The van der Waals surface area contributed by atoms with Crippen molar-refractivity contribution in [2.24, 2.45) is 0 Å². The highest BCUT2D eigenvalue weighted by Gasteiger charge is 2.25. The number of carbonyl (C=O) groups excluding carboxylic acids is 2. The van der Waals surface area contributed by atoms with Gasteiger partial charge in [0.15, 0.2) is 9.84 Å². The molecule has 0 radical (unpaired) electrons. The van der Waals surface area contributed by atoms with Gasteiger partial charge in [0, 0.05) is 16.3 Å². The minimum absolute atomic E-state index is 0.00664. The summed E-state index contributed by atoms with van der Waals surface area (Å²) in [5.41, 5.74) is 0.358. The van der Waals surface area contributed by atoms with Crippen molar-refractivity contribution in [2.45, 2.75) is 28.4 Å². The van der Waals surface area contributed by atoms with Crippen molar-refractivity contribution in [3.05, 3.63) is 47.2 Å². The summed E-state index contributed by atoms with van der Waals surface area (Å²) >= 11 is 7.00. The molecule has 0 saturated heterocycles. The fraction of sp³-hybridized carbons (Fsp3) is 0.222. The number of halogens is 2. The van der Waals surface area contributed by atoms with Gasteiger partial charge in [-0.15, -0.1) is 11.8 Å². The molecule has 148 valence electrons. The molecule has 1 aliphatic rings. The van der Waals surface area contributed by atoms with Crippen LogP contribution in [-0.4, -0.2) is 31.2 Å². The highest BCUT2D eigenvalue weighted by atomic mass is 35.5. The van der Waals surface area contributed by atoms with E-state index in [2.05, 4.69) is 10.6 Å². The van der Waals surface area contributed by atoms with Crippen LogP contribution in [0.4, 0.5) is 15.8 Å². The molecule has 2 N–H and O–H groups in total. The summed E-state index contributed by atoms with van der Waals surface area (Å²) in [6.45, 7) is 1.76. The molecule has 1 atom stereocenters. The molecular weight excluding hydrogens is 427 g/mol. The first-order chi connectivity index (χ1) is 13.2. The van der Waals surface area contributed by atoms with Crippen molar-refractivity contribution >= 4 is 56.4 Å². The summed E-state index contributed by atoms with van der Waals surface area (Å²) in [7, 11) is -3.77. The quantitative estimate of drug-likeness (QED) is 0.736. The van der Waals surface area contributed by atoms with Gasteiger partial charge in [0.1, 0.15) is 5.82 Å². The van der Waals surface area contributed by atoms with E-state index in [0.717, 1.165) is 11.0 Å². The van der Waals surface area contributed by atoms with E-state index in [0.29, 0.717) is 5.69 Å². The van der Waals surface area contributed by atoms with Gasteiger partial charge in [0.05, 0.1) is 27.3 Å². The van der Waals surface area contributed by atoms with Crippen molar-refractivity contribution in [3.63, 3.8) is 0 Å². The average molecular weight is 443 g/mol. The Hall–Kier alpha value is -2.10. The summed E-state index contributed by atoms with van der Waals surface area (Å²) < 4.78 is 38.8. The molecule has 2 aromatic rings. The van der Waals surface area contributed by atoms with Gasteiger partial charge >= 0.3 is 0 Å². The second kappa shape index (κ2) is 8.10. The number of nitrogens with one attached hydrogen (secondary N) is 2. The number of fused-ring (bicyclic) bond motifs is 1. The fourth-order valence-corrected chi connectivity index (χ4v) is 4.88. The van der Waals surface area contributed by atoms with Gasteiger partial charge in [-0.25, -0.2) is 12.8 Å². The zero-order valence-electron chi connectivity index (χ0n) is 14.7. The molecule has 6 nitrogen and oxygen atoms in total. The number of hydrogen-bond donors (Lipinski definition) is 2. The molecule has 1 aliphatic heterocycles. The second-order valence-corrected chi connectivity index (χ2v) is 10.1. The van der Waals surface area contributed by atoms with Gasteiger partial charge in [-0.2, -0.15) is 0 Å². The van der Waals surface area contributed by atoms with Crippen LogP contribution in [0.2, 0.25) is 5.02 Å². The molecule has 0 spiro atoms. The normalized spacial score (nSPS) is 16.2. The minimum Gasteiger partial charge on any atom is -0.324 e. The molecule has 10 heteroatoms. The van der Waals surface area contributed by atoms with E-state index in [1.807, 2.05) is 0 Å². The van der Waals surface area contributed by atoms with Gasteiger partial charge in [0.25, 0.3) is 0 Å². The highest BCUT2D eigenvalue weighted by molar-refractivity contribution is 8.01. The minimum atomic E-state index is -3.77. The van der Waals surface area contributed by atoms with Crippen LogP contribution in [0.25, 0.3) is 0 Å². The second-order valence-electron chi connectivity index (χ2n) is 6.15. The predicted molar refractivity (Wildman–Crippen MR) is 107 cm³/mol. The molecule has 2 aromatic carbocycles. The van der Waals surface area contributed by atoms with E-state index in [1.54, 1.807) is 13.0 Å². The molecule has 0 aliphatic carbocycles. The monoisotopic (exact) mass is 442 g/mol. The zero-order chi connectivity index (χ0) is 20.5. The summed E-state index contributed by atoms with van der Waals surface area (Å²) in [5.74, 6) is -2.00. The van der Waals surface area contributed by atoms with Crippen molar-refractivity contribution in [1.29, 1.82) is 0 Å². The Labute approximate surface area is 170 Å². The third kappa shape index (κ3) is 4.65. The Morgan fingerprint density at radius 1 is 1.29 bits per heavy atom. The van der Waals surface area contributed by atoms with E-state index < -0.39 is 27.3 Å². The van der Waals surface area contributed by atoms with Crippen molar-refractivity contribution in [1.82, 2.24) is 0 Å². The van der Waals surface area contributed by atoms with Gasteiger partial charge in [-0.3, -0.25) is 9.59 Å². The van der Waals surface area contributed by atoms with Crippen molar-refractivity contribution in [2.75, 3.05) is 16.4 Å². The van der Waals surface area contributed by atoms with Gasteiger partial charge in [-0.05, 0) is 43.3 Å². The summed E-state index contributed by atoms with van der Waals surface area (Å²) in [4.78, 5) is 24.6. The molecule has 1 unspecified atom stereocenters. The lowest BCUT2D eigenvalue weighted by Crippen LogP contribution is -2.26. The lowest BCUT2D eigenvalue weighted by molar-refractivity contribution is -0.116. The van der Waals surface area contributed by atoms with Crippen LogP contribution in [-0.2, 0) is 19.4 Å². The molecule has 28 heavy (non-hydrogen) atoms. The number of benzene rings is 2. The Kier molecular flexibility index (Phi) is 5.97. The lowest BCUT2D eigenvalue weighted by Gasteiger charge is -2.21. The van der Waals surface area contributed by atoms with Gasteiger partial charge in [0.2, 0.25) is 11.8 Å². The third-order valence-electron chi connectivity index (χ3n) is 4.04. The van der Waals surface area contributed by atoms with Crippen LogP contribution in [0.3, 0.4) is 0 Å². The number of carbonyl (C=O) groups is 2. The summed E-state index contributed by atoms with van der Waals surface area (Å²) in [6.07, 6.45) is -0.348. The Bertz CT molecular complexity index is 1060. The number of amides is 2. The number of hydrogen-bond acceptors (Lipinski definition) is 5. The Morgan fingerprint density at radius 3 is 2.75 bits per heavy atom. The van der Waals surface area contributed by atoms with E-state index in [9.17, 15) is 22.4 Å².